The van der Waals surface area contributed by atoms with Crippen molar-refractivity contribution in [3.05, 3.63) is 39.8 Å². The van der Waals surface area contributed by atoms with E-state index < -0.39 is 0 Å². The molecule has 1 heterocycles. The Kier molecular flexibility index (Phi) is 3.79. The molecule has 0 saturated heterocycles. The van der Waals surface area contributed by atoms with E-state index >= 15 is 0 Å². The molecule has 5 heteroatoms. The van der Waals surface area contributed by atoms with Gasteiger partial charge in [-0.25, -0.2) is 4.98 Å². The molecule has 0 aliphatic carbocycles. The van der Waals surface area contributed by atoms with Gasteiger partial charge in [-0.1, -0.05) is 18.2 Å². The van der Waals surface area contributed by atoms with Crippen molar-refractivity contribution >= 4 is 32.4 Å². The van der Waals surface area contributed by atoms with E-state index in [4.69, 9.17) is 4.74 Å². The van der Waals surface area contributed by atoms with Crippen LogP contribution in [0.2, 0.25) is 0 Å². The van der Waals surface area contributed by atoms with Gasteiger partial charge in [-0.05, 0) is 22.0 Å². The van der Waals surface area contributed by atoms with Crippen LogP contribution in [0.4, 0.5) is 5.13 Å². The highest BCUT2D eigenvalue weighted by molar-refractivity contribution is 9.10. The van der Waals surface area contributed by atoms with Gasteiger partial charge in [0.15, 0.2) is 5.13 Å². The molecule has 84 valence electrons. The molecule has 0 saturated carbocycles. The number of hydrogen-bond acceptors (Lipinski definition) is 4. The van der Waals surface area contributed by atoms with Crippen LogP contribution in [0.5, 0.6) is 5.75 Å². The standard InChI is InChI=1S/C11H11BrN2OS/c1-15-9-5-3-2-4-8(9)6-13-11-14-10(12)7-16-11/h2-5,7H,6H2,1H3,(H,13,14). The summed E-state index contributed by atoms with van der Waals surface area (Å²) in [4.78, 5) is 4.26. The molecule has 0 aliphatic rings. The van der Waals surface area contributed by atoms with E-state index in [9.17, 15) is 0 Å². The minimum absolute atomic E-state index is 0.712. The van der Waals surface area contributed by atoms with E-state index in [-0.39, 0.29) is 0 Å². The highest BCUT2D eigenvalue weighted by Crippen LogP contribution is 2.22. The number of anilines is 1. The lowest BCUT2D eigenvalue weighted by molar-refractivity contribution is 0.410. The van der Waals surface area contributed by atoms with E-state index in [0.29, 0.717) is 6.54 Å². The first-order chi connectivity index (χ1) is 7.79. The van der Waals surface area contributed by atoms with Gasteiger partial charge in [-0.15, -0.1) is 11.3 Å². The number of aromatic nitrogens is 1. The number of thiazole rings is 1. The van der Waals surface area contributed by atoms with Crippen molar-refractivity contribution in [1.29, 1.82) is 0 Å². The van der Waals surface area contributed by atoms with E-state index in [2.05, 4.69) is 26.2 Å². The lowest BCUT2D eigenvalue weighted by atomic mass is 10.2. The maximum absolute atomic E-state index is 5.27. The van der Waals surface area contributed by atoms with Crippen LogP contribution in [-0.2, 0) is 6.54 Å². The van der Waals surface area contributed by atoms with E-state index in [0.717, 1.165) is 21.0 Å². The van der Waals surface area contributed by atoms with Crippen molar-refractivity contribution in [2.24, 2.45) is 0 Å². The number of para-hydroxylation sites is 1. The first kappa shape index (κ1) is 11.4. The lowest BCUT2D eigenvalue weighted by Gasteiger charge is -2.08. The molecule has 1 aromatic carbocycles. The molecule has 0 amide bonds. The zero-order valence-electron chi connectivity index (χ0n) is 8.74. The Morgan fingerprint density at radius 1 is 1.44 bits per heavy atom. The van der Waals surface area contributed by atoms with Crippen LogP contribution in [0.15, 0.2) is 34.2 Å². The topological polar surface area (TPSA) is 34.1 Å². The van der Waals surface area contributed by atoms with Crippen molar-refractivity contribution in [2.45, 2.75) is 6.54 Å². The van der Waals surface area contributed by atoms with Gasteiger partial charge in [0.05, 0.1) is 7.11 Å². The maximum Gasteiger partial charge on any atom is 0.184 e. The van der Waals surface area contributed by atoms with E-state index in [1.807, 2.05) is 29.6 Å². The van der Waals surface area contributed by atoms with Gasteiger partial charge in [0.1, 0.15) is 10.4 Å². The Balaban J connectivity index is 2.04. The van der Waals surface area contributed by atoms with Crippen molar-refractivity contribution in [3.63, 3.8) is 0 Å². The second-order valence-corrected chi connectivity index (χ2v) is 4.81. The molecule has 0 fully saturated rings. The van der Waals surface area contributed by atoms with Crippen LogP contribution in [0.3, 0.4) is 0 Å². The minimum atomic E-state index is 0.712. The highest BCUT2D eigenvalue weighted by Gasteiger charge is 2.03. The molecule has 3 nitrogen and oxygen atoms in total. The van der Waals surface area contributed by atoms with Crippen LogP contribution in [0, 0.1) is 0 Å². The van der Waals surface area contributed by atoms with Gasteiger partial charge in [-0.2, -0.15) is 0 Å². The number of rotatable bonds is 4. The first-order valence-corrected chi connectivity index (χ1v) is 6.43. The third kappa shape index (κ3) is 2.74. The highest BCUT2D eigenvalue weighted by atomic mass is 79.9. The number of halogens is 1. The molecule has 0 atom stereocenters. The van der Waals surface area contributed by atoms with Gasteiger partial charge in [0.2, 0.25) is 0 Å². The number of nitrogens with zero attached hydrogens (tertiary/aromatic N) is 1. The van der Waals surface area contributed by atoms with Crippen LogP contribution in [0.25, 0.3) is 0 Å². The van der Waals surface area contributed by atoms with Gasteiger partial charge in [0.25, 0.3) is 0 Å². The van der Waals surface area contributed by atoms with Crippen molar-refractivity contribution in [2.75, 3.05) is 12.4 Å². The van der Waals surface area contributed by atoms with Crippen molar-refractivity contribution < 1.29 is 4.74 Å². The van der Waals surface area contributed by atoms with Crippen LogP contribution < -0.4 is 10.1 Å². The average Bonchev–Trinajstić information content (AvgIpc) is 2.73. The summed E-state index contributed by atoms with van der Waals surface area (Å²) >= 11 is 4.89. The molecular weight excluding hydrogens is 288 g/mol. The summed E-state index contributed by atoms with van der Waals surface area (Å²) in [5.41, 5.74) is 1.12. The molecule has 0 unspecified atom stereocenters. The molecule has 2 aromatic rings. The van der Waals surface area contributed by atoms with E-state index in [1.54, 1.807) is 18.4 Å². The fraction of sp³-hybridized carbons (Fsp3) is 0.182. The Morgan fingerprint density at radius 2 is 2.25 bits per heavy atom. The van der Waals surface area contributed by atoms with Gasteiger partial charge < -0.3 is 10.1 Å². The van der Waals surface area contributed by atoms with Gasteiger partial charge in [-0.3, -0.25) is 0 Å². The quantitative estimate of drug-likeness (QED) is 0.938. The zero-order valence-corrected chi connectivity index (χ0v) is 11.1. The number of benzene rings is 1. The number of methoxy groups -OCH3 is 1. The monoisotopic (exact) mass is 298 g/mol. The molecule has 0 spiro atoms. The number of ether oxygens (including phenoxy) is 1. The predicted octanol–water partition coefficient (Wildman–Crippen LogP) is 3.53. The number of hydrogen-bond donors (Lipinski definition) is 1. The molecule has 0 bridgehead atoms. The van der Waals surface area contributed by atoms with Gasteiger partial charge in [0, 0.05) is 17.5 Å². The summed E-state index contributed by atoms with van der Waals surface area (Å²) in [6.45, 7) is 0.712. The summed E-state index contributed by atoms with van der Waals surface area (Å²) in [6, 6.07) is 7.95. The zero-order chi connectivity index (χ0) is 11.4. The first-order valence-electron chi connectivity index (χ1n) is 4.76. The summed E-state index contributed by atoms with van der Waals surface area (Å²) in [5.74, 6) is 0.894. The lowest BCUT2D eigenvalue weighted by Crippen LogP contribution is -2.01. The molecule has 1 N–H and O–H groups in total. The second kappa shape index (κ2) is 5.32. The molecule has 0 aliphatic heterocycles. The van der Waals surface area contributed by atoms with Crippen LogP contribution >= 0.6 is 27.3 Å². The fourth-order valence-corrected chi connectivity index (χ4v) is 2.50. The summed E-state index contributed by atoms with van der Waals surface area (Å²) < 4.78 is 6.13. The predicted molar refractivity (Wildman–Crippen MR) is 70.1 cm³/mol. The SMILES string of the molecule is COc1ccccc1CNc1nc(Br)cs1. The normalized spacial score (nSPS) is 10.1. The van der Waals surface area contributed by atoms with E-state index in [1.165, 1.54) is 0 Å². The Morgan fingerprint density at radius 3 is 2.94 bits per heavy atom. The molecule has 0 radical (unpaired) electrons. The third-order valence-electron chi connectivity index (χ3n) is 2.10. The van der Waals surface area contributed by atoms with Crippen LogP contribution in [-0.4, -0.2) is 12.1 Å². The second-order valence-electron chi connectivity index (χ2n) is 3.14. The largest absolute Gasteiger partial charge is 0.496 e. The maximum atomic E-state index is 5.27. The van der Waals surface area contributed by atoms with Crippen molar-refractivity contribution in [1.82, 2.24) is 4.98 Å². The average molecular weight is 299 g/mol. The third-order valence-corrected chi connectivity index (χ3v) is 3.61. The molecule has 16 heavy (non-hydrogen) atoms. The summed E-state index contributed by atoms with van der Waals surface area (Å²) in [5, 5.41) is 6.10. The Bertz CT molecular complexity index is 473. The van der Waals surface area contributed by atoms with Gasteiger partial charge >= 0.3 is 0 Å². The van der Waals surface area contributed by atoms with Crippen LogP contribution in [0.1, 0.15) is 5.56 Å². The summed E-state index contributed by atoms with van der Waals surface area (Å²) in [6.07, 6.45) is 0. The number of nitrogens with one attached hydrogen (secondary N) is 1. The Hall–Kier alpha value is -1.07. The fourth-order valence-electron chi connectivity index (χ4n) is 1.36. The Labute approximate surface area is 107 Å². The van der Waals surface area contributed by atoms with Crippen molar-refractivity contribution in [3.8, 4) is 5.75 Å². The molecule has 1 aromatic heterocycles. The molecular formula is C11H11BrN2OS. The summed E-state index contributed by atoms with van der Waals surface area (Å²) in [7, 11) is 1.68. The molecule has 2 rings (SSSR count). The smallest absolute Gasteiger partial charge is 0.184 e. The minimum Gasteiger partial charge on any atom is -0.496 e.